The molecule has 168 valence electrons. The topological polar surface area (TPSA) is 77.5 Å². The van der Waals surface area contributed by atoms with Crippen LogP contribution in [0.3, 0.4) is 0 Å². The second-order valence-electron chi connectivity index (χ2n) is 6.26. The molecule has 12 heteroatoms. The molecule has 0 aliphatic rings. The summed E-state index contributed by atoms with van der Waals surface area (Å²) in [6, 6.07) is 2.03. The van der Waals surface area contributed by atoms with Gasteiger partial charge >= 0.3 is 18.3 Å². The molecule has 1 N–H and O–H groups in total. The van der Waals surface area contributed by atoms with Crippen molar-refractivity contribution in [2.45, 2.75) is 24.8 Å². The van der Waals surface area contributed by atoms with E-state index in [1.54, 1.807) is 0 Å². The maximum atomic E-state index is 13.0. The molecule has 1 aromatic heterocycles. The van der Waals surface area contributed by atoms with Gasteiger partial charge in [0, 0.05) is 24.2 Å². The molecule has 31 heavy (non-hydrogen) atoms. The third-order valence-electron chi connectivity index (χ3n) is 4.09. The quantitative estimate of drug-likeness (QED) is 0.537. The summed E-state index contributed by atoms with van der Waals surface area (Å²) in [4.78, 5) is 28.4. The second kappa shape index (κ2) is 9.23. The minimum absolute atomic E-state index is 0.0996. The number of aromatic nitrogens is 1. The van der Waals surface area contributed by atoms with E-state index in [-0.39, 0.29) is 30.5 Å². The van der Waals surface area contributed by atoms with Crippen LogP contribution in [-0.4, -0.2) is 37.1 Å². The number of carbonyl (C=O) groups excluding carboxylic acids is 2. The molecule has 0 saturated carbocycles. The first-order valence-electron chi connectivity index (χ1n) is 8.52. The Morgan fingerprint density at radius 1 is 1.00 bits per heavy atom. The van der Waals surface area contributed by atoms with Crippen molar-refractivity contribution < 1.29 is 45.4 Å². The SMILES string of the molecule is COC(=O)[C@H](Cc1ccc(OC)nc1)NC(=O)c1cc(C(F)(F)F)cc(C(F)(F)F)c1. The van der Waals surface area contributed by atoms with Crippen LogP contribution in [-0.2, 0) is 28.3 Å². The van der Waals surface area contributed by atoms with E-state index in [0.717, 1.165) is 7.11 Å². The molecule has 6 nitrogen and oxygen atoms in total. The number of amides is 1. The van der Waals surface area contributed by atoms with E-state index >= 15 is 0 Å². The molecule has 0 saturated heterocycles. The number of halogens is 6. The molecule has 0 aliphatic carbocycles. The Bertz CT molecular complexity index is 910. The summed E-state index contributed by atoms with van der Waals surface area (Å²) in [6.45, 7) is 0. The van der Waals surface area contributed by atoms with Gasteiger partial charge in [-0.1, -0.05) is 6.07 Å². The number of esters is 1. The third-order valence-corrected chi connectivity index (χ3v) is 4.09. The molecule has 0 radical (unpaired) electrons. The van der Waals surface area contributed by atoms with E-state index in [0.29, 0.717) is 5.56 Å². The van der Waals surface area contributed by atoms with Crippen LogP contribution in [0.15, 0.2) is 36.5 Å². The summed E-state index contributed by atoms with van der Waals surface area (Å²) in [5, 5.41) is 2.11. The average molecular weight is 450 g/mol. The van der Waals surface area contributed by atoms with E-state index in [9.17, 15) is 35.9 Å². The smallest absolute Gasteiger partial charge is 0.416 e. The zero-order valence-electron chi connectivity index (χ0n) is 16.1. The van der Waals surface area contributed by atoms with Crippen molar-refractivity contribution in [1.29, 1.82) is 0 Å². The molecule has 0 unspecified atom stereocenters. The Balaban J connectivity index is 2.34. The molecule has 0 spiro atoms. The van der Waals surface area contributed by atoms with Gasteiger partial charge in [-0.05, 0) is 23.8 Å². The molecule has 1 aromatic carbocycles. The van der Waals surface area contributed by atoms with Gasteiger partial charge in [-0.25, -0.2) is 9.78 Å². The molecule has 2 rings (SSSR count). The fraction of sp³-hybridized carbons (Fsp3) is 0.316. The van der Waals surface area contributed by atoms with Gasteiger partial charge < -0.3 is 14.8 Å². The van der Waals surface area contributed by atoms with Crippen LogP contribution in [0.2, 0.25) is 0 Å². The van der Waals surface area contributed by atoms with E-state index in [1.807, 2.05) is 0 Å². The van der Waals surface area contributed by atoms with Gasteiger partial charge in [-0.2, -0.15) is 26.3 Å². The number of nitrogens with one attached hydrogen (secondary N) is 1. The Labute approximate surface area is 172 Å². The average Bonchev–Trinajstić information content (AvgIpc) is 2.71. The van der Waals surface area contributed by atoms with Crippen LogP contribution < -0.4 is 10.1 Å². The van der Waals surface area contributed by atoms with Crippen molar-refractivity contribution in [2.24, 2.45) is 0 Å². The zero-order valence-corrected chi connectivity index (χ0v) is 16.1. The van der Waals surface area contributed by atoms with E-state index in [2.05, 4.69) is 15.0 Å². The molecular weight excluding hydrogens is 434 g/mol. The largest absolute Gasteiger partial charge is 0.481 e. The minimum Gasteiger partial charge on any atom is -0.481 e. The van der Waals surface area contributed by atoms with Crippen LogP contribution in [0.1, 0.15) is 27.0 Å². The molecule has 0 bridgehead atoms. The summed E-state index contributed by atoms with van der Waals surface area (Å²) in [5.74, 6) is -1.99. The predicted molar refractivity (Wildman–Crippen MR) is 94.2 cm³/mol. The lowest BCUT2D eigenvalue weighted by Gasteiger charge is -2.18. The highest BCUT2D eigenvalue weighted by Crippen LogP contribution is 2.36. The maximum Gasteiger partial charge on any atom is 0.416 e. The van der Waals surface area contributed by atoms with Crippen molar-refractivity contribution in [2.75, 3.05) is 14.2 Å². The lowest BCUT2D eigenvalue weighted by Crippen LogP contribution is -2.43. The molecule has 1 atom stereocenters. The van der Waals surface area contributed by atoms with E-state index < -0.39 is 47.0 Å². The first-order chi connectivity index (χ1) is 14.3. The lowest BCUT2D eigenvalue weighted by atomic mass is 10.0. The van der Waals surface area contributed by atoms with Gasteiger partial charge in [0.05, 0.1) is 25.3 Å². The molecule has 1 amide bonds. The number of hydrogen-bond acceptors (Lipinski definition) is 5. The van der Waals surface area contributed by atoms with Gasteiger partial charge in [0.25, 0.3) is 5.91 Å². The molecule has 2 aromatic rings. The van der Waals surface area contributed by atoms with Crippen molar-refractivity contribution in [1.82, 2.24) is 10.3 Å². The summed E-state index contributed by atoms with van der Waals surface area (Å²) in [5.41, 5.74) is -3.79. The number of hydrogen-bond donors (Lipinski definition) is 1. The first-order valence-corrected chi connectivity index (χ1v) is 8.52. The molecular formula is C19H16F6N2O4. The number of alkyl halides is 6. The monoisotopic (exact) mass is 450 g/mol. The fourth-order valence-corrected chi connectivity index (χ4v) is 2.55. The maximum absolute atomic E-state index is 13.0. The summed E-state index contributed by atoms with van der Waals surface area (Å²) in [6.07, 6.45) is -9.09. The highest BCUT2D eigenvalue weighted by molar-refractivity contribution is 5.97. The summed E-state index contributed by atoms with van der Waals surface area (Å²) >= 11 is 0. The second-order valence-corrected chi connectivity index (χ2v) is 6.26. The van der Waals surface area contributed by atoms with Crippen molar-refractivity contribution in [3.05, 3.63) is 58.8 Å². The van der Waals surface area contributed by atoms with Crippen LogP contribution in [0.5, 0.6) is 5.88 Å². The van der Waals surface area contributed by atoms with E-state index in [1.165, 1.54) is 25.4 Å². The number of rotatable bonds is 6. The van der Waals surface area contributed by atoms with Crippen molar-refractivity contribution in [3.8, 4) is 5.88 Å². The van der Waals surface area contributed by atoms with Crippen LogP contribution in [0.4, 0.5) is 26.3 Å². The Morgan fingerprint density at radius 3 is 2.00 bits per heavy atom. The molecule has 0 fully saturated rings. The number of benzene rings is 1. The van der Waals surface area contributed by atoms with Gasteiger partial charge in [-0.15, -0.1) is 0 Å². The normalized spacial score (nSPS) is 12.8. The number of ether oxygens (including phenoxy) is 2. The molecule has 1 heterocycles. The van der Waals surface area contributed by atoms with Crippen LogP contribution >= 0.6 is 0 Å². The highest BCUT2D eigenvalue weighted by atomic mass is 19.4. The lowest BCUT2D eigenvalue weighted by molar-refractivity contribution is -0.144. The zero-order chi connectivity index (χ0) is 23.4. The number of carbonyl (C=O) groups is 2. The Hall–Kier alpha value is -3.31. The van der Waals surface area contributed by atoms with E-state index in [4.69, 9.17) is 4.74 Å². The third kappa shape index (κ3) is 6.33. The fourth-order valence-electron chi connectivity index (χ4n) is 2.55. The Kier molecular flexibility index (Phi) is 7.13. The number of pyridine rings is 1. The van der Waals surface area contributed by atoms with Gasteiger partial charge in [0.2, 0.25) is 5.88 Å². The summed E-state index contributed by atoms with van der Waals surface area (Å²) in [7, 11) is 2.39. The van der Waals surface area contributed by atoms with Crippen LogP contribution in [0, 0.1) is 0 Å². The molecule has 0 aliphatic heterocycles. The highest BCUT2D eigenvalue weighted by Gasteiger charge is 2.37. The predicted octanol–water partition coefficient (Wildman–Crippen LogP) is 3.64. The standard InChI is InChI=1S/C19H16F6N2O4/c1-30-15-4-3-10(9-26-15)5-14(17(29)31-2)27-16(28)11-6-12(18(20,21)22)8-13(7-11)19(23,24)25/h3-4,6-9,14H,5H2,1-2H3,(H,27,28)/t14-/m0/s1. The number of methoxy groups -OCH3 is 2. The van der Waals surface area contributed by atoms with Gasteiger partial charge in [0.1, 0.15) is 6.04 Å². The van der Waals surface area contributed by atoms with Gasteiger partial charge in [0.15, 0.2) is 0 Å². The summed E-state index contributed by atoms with van der Waals surface area (Å²) < 4.78 is 87.5. The Morgan fingerprint density at radius 2 is 1.58 bits per heavy atom. The number of nitrogens with zero attached hydrogens (tertiary/aromatic N) is 1. The van der Waals surface area contributed by atoms with Gasteiger partial charge in [-0.3, -0.25) is 4.79 Å². The van der Waals surface area contributed by atoms with Crippen molar-refractivity contribution in [3.63, 3.8) is 0 Å². The minimum atomic E-state index is -5.12. The van der Waals surface area contributed by atoms with Crippen molar-refractivity contribution >= 4 is 11.9 Å². The van der Waals surface area contributed by atoms with Crippen LogP contribution in [0.25, 0.3) is 0 Å². The first kappa shape index (κ1) is 24.0.